The summed E-state index contributed by atoms with van der Waals surface area (Å²) < 4.78 is 19.8. The first-order chi connectivity index (χ1) is 27.5. The van der Waals surface area contributed by atoms with Crippen LogP contribution in [0.3, 0.4) is 0 Å². The zero-order valence-electron chi connectivity index (χ0n) is 32.6. The fourth-order valence-corrected chi connectivity index (χ4v) is 8.55. The second-order valence-corrected chi connectivity index (χ2v) is 16.4. The Morgan fingerprint density at radius 3 is 2.58 bits per heavy atom. The van der Waals surface area contributed by atoms with Crippen LogP contribution in [0.1, 0.15) is 74.6 Å². The van der Waals surface area contributed by atoms with Gasteiger partial charge in [0, 0.05) is 75.3 Å². The van der Waals surface area contributed by atoms with Crippen LogP contribution in [0.15, 0.2) is 79.2 Å². The van der Waals surface area contributed by atoms with Gasteiger partial charge in [-0.15, -0.1) is 11.6 Å². The van der Waals surface area contributed by atoms with E-state index in [9.17, 15) is 20.0 Å². The second kappa shape index (κ2) is 19.3. The fourth-order valence-electron chi connectivity index (χ4n) is 7.96. The summed E-state index contributed by atoms with van der Waals surface area (Å²) in [6.45, 7) is 7.67. The summed E-state index contributed by atoms with van der Waals surface area (Å²) in [7, 11) is 0. The minimum atomic E-state index is -1.11. The Balaban J connectivity index is 1.24. The number of benzene rings is 2. The Morgan fingerprint density at radius 2 is 1.84 bits per heavy atom. The number of ether oxygens (including phenoxy) is 3. The van der Waals surface area contributed by atoms with Crippen molar-refractivity contribution in [3.63, 3.8) is 0 Å². The van der Waals surface area contributed by atoms with E-state index in [1.807, 2.05) is 60.4 Å². The lowest BCUT2D eigenvalue weighted by Crippen LogP contribution is -2.55. The molecule has 13 heteroatoms. The van der Waals surface area contributed by atoms with Crippen molar-refractivity contribution in [3.8, 4) is 17.6 Å². The van der Waals surface area contributed by atoms with Crippen LogP contribution in [-0.4, -0.2) is 93.7 Å². The Labute approximate surface area is 345 Å². The minimum absolute atomic E-state index is 0.00936. The van der Waals surface area contributed by atoms with Gasteiger partial charge < -0.3 is 29.5 Å². The fraction of sp³-hybridized carbons (Fsp3) is 0.455. The summed E-state index contributed by atoms with van der Waals surface area (Å²) in [6.07, 6.45) is 14.0. The highest BCUT2D eigenvalue weighted by Crippen LogP contribution is 2.48. The molecule has 2 unspecified atom stereocenters. The number of aromatic nitrogens is 1. The Morgan fingerprint density at radius 1 is 1.05 bits per heavy atom. The summed E-state index contributed by atoms with van der Waals surface area (Å²) in [5.41, 5.74) is 2.59. The van der Waals surface area contributed by atoms with E-state index >= 15 is 0 Å². The number of carbonyl (C=O) groups excluding carboxylic acids is 1. The summed E-state index contributed by atoms with van der Waals surface area (Å²) in [5, 5.41) is 22.8. The molecular weight excluding hydrogens is 765 g/mol. The third kappa shape index (κ3) is 10.6. The van der Waals surface area contributed by atoms with Crippen LogP contribution >= 0.6 is 23.2 Å². The number of hydrogen-bond acceptors (Lipinski definition) is 9. The SMILES string of the molecule is CC(=O)NC1CCN(CCCOC2(COc3cc(OCc4cncc(C#N)c4)c(CN4CCCC[C@H]4C(=O)O)cc3Cl)C=CC=C(c3ccccc3)C2(C)Cl)CC1. The van der Waals surface area contributed by atoms with Gasteiger partial charge in [-0.1, -0.05) is 60.5 Å². The summed E-state index contributed by atoms with van der Waals surface area (Å²) in [5.74, 6) is -0.0148. The molecule has 2 fully saturated rings. The van der Waals surface area contributed by atoms with Gasteiger partial charge in [0.05, 0.1) is 10.6 Å². The molecule has 3 heterocycles. The smallest absolute Gasteiger partial charge is 0.320 e. The third-order valence-corrected chi connectivity index (χ3v) is 12.0. The monoisotopic (exact) mass is 815 g/mol. The number of carboxylic acids is 1. The predicted molar refractivity (Wildman–Crippen MR) is 220 cm³/mol. The number of halogens is 2. The number of amides is 1. The standard InChI is InChI=1S/C44H51Cl2N5O6/c1-31(52)49-36-14-19-50(20-15-36)17-9-21-57-44(16-8-12-37(43(44,2)46)34-10-4-3-5-11-34)30-56-41-24-40(55-29-33-22-32(25-47)26-48-27-33)35(23-38(41)45)28-51-18-7-6-13-39(51)42(53)54/h3-5,8,10-12,16,22-24,26-27,36,39H,6-7,9,13-15,17-21,28-30H2,1-2H3,(H,49,52)(H,53,54)/t39-,43?,44?/m0/s1. The number of allylic oxidation sites excluding steroid dienone is 2. The number of likely N-dealkylation sites (tertiary alicyclic amines) is 2. The van der Waals surface area contributed by atoms with Crippen LogP contribution < -0.4 is 14.8 Å². The Hall–Kier alpha value is -4.44. The lowest BCUT2D eigenvalue weighted by atomic mass is 9.76. The van der Waals surface area contributed by atoms with Gasteiger partial charge in [-0.05, 0) is 74.9 Å². The summed E-state index contributed by atoms with van der Waals surface area (Å²) in [4.78, 5) is 31.2. The number of aliphatic carboxylic acids is 1. The summed E-state index contributed by atoms with van der Waals surface area (Å²) in [6, 6.07) is 16.9. The van der Waals surface area contributed by atoms with E-state index in [0.717, 1.165) is 62.9 Å². The maximum atomic E-state index is 12.2. The quantitative estimate of drug-likeness (QED) is 0.111. The van der Waals surface area contributed by atoms with E-state index in [-0.39, 0.29) is 25.2 Å². The number of hydrogen-bond donors (Lipinski definition) is 2. The van der Waals surface area contributed by atoms with Crippen molar-refractivity contribution >= 4 is 40.7 Å². The normalized spacial score (nSPS) is 23.0. The van der Waals surface area contributed by atoms with E-state index in [1.54, 1.807) is 31.3 Å². The van der Waals surface area contributed by atoms with Crippen LogP contribution in [-0.2, 0) is 27.5 Å². The molecule has 1 aliphatic carbocycles. The molecule has 302 valence electrons. The van der Waals surface area contributed by atoms with Gasteiger partial charge >= 0.3 is 5.97 Å². The largest absolute Gasteiger partial charge is 0.488 e. The maximum absolute atomic E-state index is 12.2. The van der Waals surface area contributed by atoms with Gasteiger partial charge in [-0.2, -0.15) is 5.26 Å². The van der Waals surface area contributed by atoms with E-state index in [2.05, 4.69) is 21.3 Å². The molecule has 2 N–H and O–H groups in total. The predicted octanol–water partition coefficient (Wildman–Crippen LogP) is 7.40. The zero-order chi connectivity index (χ0) is 40.4. The van der Waals surface area contributed by atoms with E-state index in [1.165, 1.54) is 6.20 Å². The van der Waals surface area contributed by atoms with Gasteiger partial charge in [0.2, 0.25) is 5.91 Å². The van der Waals surface area contributed by atoms with Crippen LogP contribution in [0.25, 0.3) is 5.57 Å². The third-order valence-electron chi connectivity index (χ3n) is 11.1. The van der Waals surface area contributed by atoms with Crippen molar-refractivity contribution in [2.75, 3.05) is 39.4 Å². The van der Waals surface area contributed by atoms with Crippen LogP contribution in [0.2, 0.25) is 5.02 Å². The second-order valence-electron chi connectivity index (χ2n) is 15.2. The van der Waals surface area contributed by atoms with Crippen molar-refractivity contribution in [2.24, 2.45) is 0 Å². The van der Waals surface area contributed by atoms with Gasteiger partial charge in [-0.3, -0.25) is 19.5 Å². The highest BCUT2D eigenvalue weighted by molar-refractivity contribution is 6.32. The molecule has 0 radical (unpaired) electrons. The average molecular weight is 817 g/mol. The molecule has 0 saturated carbocycles. The molecule has 6 rings (SSSR count). The van der Waals surface area contributed by atoms with Gasteiger partial charge in [-0.25, -0.2) is 0 Å². The van der Waals surface area contributed by atoms with Gasteiger partial charge in [0.25, 0.3) is 0 Å². The maximum Gasteiger partial charge on any atom is 0.320 e. The number of piperidine rings is 2. The molecule has 3 aromatic rings. The van der Waals surface area contributed by atoms with Crippen LogP contribution in [0.5, 0.6) is 11.5 Å². The summed E-state index contributed by atoms with van der Waals surface area (Å²) >= 11 is 14.6. The highest BCUT2D eigenvalue weighted by atomic mass is 35.5. The number of nitrogens with zero attached hydrogens (tertiary/aromatic N) is 4. The van der Waals surface area contributed by atoms with Crippen molar-refractivity contribution in [1.29, 1.82) is 5.26 Å². The van der Waals surface area contributed by atoms with Crippen molar-refractivity contribution in [1.82, 2.24) is 20.1 Å². The molecule has 3 atom stereocenters. The Bertz CT molecular complexity index is 1980. The number of carbonyl (C=O) groups is 2. The average Bonchev–Trinajstić information content (AvgIpc) is 3.20. The number of alkyl halides is 1. The van der Waals surface area contributed by atoms with Crippen molar-refractivity contribution in [3.05, 3.63) is 106 Å². The molecular formula is C44H51Cl2N5O6. The molecule has 1 amide bonds. The highest BCUT2D eigenvalue weighted by Gasteiger charge is 2.51. The first kappa shape index (κ1) is 42.2. The lowest BCUT2D eigenvalue weighted by Gasteiger charge is -2.45. The van der Waals surface area contributed by atoms with E-state index < -0.39 is 22.5 Å². The topological polar surface area (TPSA) is 137 Å². The molecule has 2 saturated heterocycles. The zero-order valence-corrected chi connectivity index (χ0v) is 34.1. The van der Waals surface area contributed by atoms with Crippen LogP contribution in [0, 0.1) is 11.3 Å². The van der Waals surface area contributed by atoms with E-state index in [0.29, 0.717) is 59.3 Å². The number of nitriles is 1. The molecule has 3 aliphatic rings. The molecule has 0 bridgehead atoms. The van der Waals surface area contributed by atoms with E-state index in [4.69, 9.17) is 37.4 Å². The number of carboxylic acid groups (broad SMARTS) is 1. The Kier molecular flexibility index (Phi) is 14.3. The number of rotatable bonds is 16. The van der Waals surface area contributed by atoms with Gasteiger partial charge in [0.15, 0.2) is 0 Å². The first-order valence-electron chi connectivity index (χ1n) is 19.6. The molecule has 0 spiro atoms. The number of pyridine rings is 1. The van der Waals surface area contributed by atoms with Crippen molar-refractivity contribution in [2.45, 2.75) is 88.1 Å². The number of nitrogens with one attached hydrogen (secondary N) is 1. The molecule has 11 nitrogen and oxygen atoms in total. The lowest BCUT2D eigenvalue weighted by molar-refractivity contribution is -0.144. The molecule has 1 aromatic heterocycles. The minimum Gasteiger partial charge on any atom is -0.488 e. The van der Waals surface area contributed by atoms with Crippen molar-refractivity contribution < 1.29 is 28.9 Å². The molecule has 2 aromatic carbocycles. The van der Waals surface area contributed by atoms with Gasteiger partial charge in [0.1, 0.15) is 47.3 Å². The molecule has 57 heavy (non-hydrogen) atoms. The first-order valence-corrected chi connectivity index (χ1v) is 20.4. The van der Waals surface area contributed by atoms with Crippen LogP contribution in [0.4, 0.5) is 0 Å². The molecule has 2 aliphatic heterocycles.